The fourth-order valence-electron chi connectivity index (χ4n) is 3.78. The highest BCUT2D eigenvalue weighted by atomic mass is 32.1. The Morgan fingerprint density at radius 2 is 1.97 bits per heavy atom. The molecular weight excluding hydrogens is 390 g/mol. The van der Waals surface area contributed by atoms with Crippen LogP contribution in [-0.2, 0) is 4.74 Å². The van der Waals surface area contributed by atoms with E-state index >= 15 is 0 Å². The predicted octanol–water partition coefficient (Wildman–Crippen LogP) is 2.78. The number of aromatic amines is 1. The van der Waals surface area contributed by atoms with Gasteiger partial charge in [-0.1, -0.05) is 0 Å². The molecule has 0 atom stereocenters. The van der Waals surface area contributed by atoms with Crippen molar-refractivity contribution in [2.45, 2.75) is 20.8 Å². The number of anilines is 1. The van der Waals surface area contributed by atoms with Crippen molar-refractivity contribution in [3.05, 3.63) is 40.3 Å². The maximum absolute atomic E-state index is 13.1. The second kappa shape index (κ2) is 7.82. The summed E-state index contributed by atoms with van der Waals surface area (Å²) in [6.45, 7) is 8.19. The molecule has 1 fully saturated rings. The van der Waals surface area contributed by atoms with Crippen LogP contribution < -0.4 is 4.90 Å². The van der Waals surface area contributed by atoms with Crippen molar-refractivity contribution in [3.8, 4) is 0 Å². The minimum absolute atomic E-state index is 0.0934. The number of hydrogen-bond donors (Lipinski definition) is 1. The molecule has 152 valence electrons. The number of thiophene rings is 1. The molecule has 29 heavy (non-hydrogen) atoms. The van der Waals surface area contributed by atoms with E-state index in [1.807, 2.05) is 16.3 Å². The first kappa shape index (κ1) is 19.4. The van der Waals surface area contributed by atoms with Crippen molar-refractivity contribution < 1.29 is 14.3 Å². The Morgan fingerprint density at radius 1 is 1.21 bits per heavy atom. The van der Waals surface area contributed by atoms with Gasteiger partial charge in [-0.15, -0.1) is 11.3 Å². The molecule has 0 spiro atoms. The third-order valence-corrected chi connectivity index (χ3v) is 6.06. The van der Waals surface area contributed by atoms with E-state index in [1.165, 1.54) is 0 Å². The zero-order valence-electron chi connectivity index (χ0n) is 16.7. The van der Waals surface area contributed by atoms with Gasteiger partial charge in [0.05, 0.1) is 17.6 Å². The Hall–Kier alpha value is -2.94. The van der Waals surface area contributed by atoms with Gasteiger partial charge in [0.2, 0.25) is 0 Å². The predicted molar refractivity (Wildman–Crippen MR) is 112 cm³/mol. The van der Waals surface area contributed by atoms with E-state index in [0.717, 1.165) is 16.0 Å². The monoisotopic (exact) mass is 413 g/mol. The van der Waals surface area contributed by atoms with Gasteiger partial charge < -0.3 is 19.5 Å². The third kappa shape index (κ3) is 3.46. The van der Waals surface area contributed by atoms with Gasteiger partial charge in [0.25, 0.3) is 5.91 Å². The molecule has 4 rings (SSSR count). The average Bonchev–Trinajstić information content (AvgIpc) is 3.31. The fourth-order valence-corrected chi connectivity index (χ4v) is 4.51. The number of rotatable bonds is 4. The zero-order valence-corrected chi connectivity index (χ0v) is 17.5. The van der Waals surface area contributed by atoms with Gasteiger partial charge in [-0.3, -0.25) is 4.79 Å². The molecule has 0 aliphatic carbocycles. The molecule has 9 heteroatoms. The van der Waals surface area contributed by atoms with Crippen LogP contribution in [0.2, 0.25) is 0 Å². The Balaban J connectivity index is 1.49. The highest BCUT2D eigenvalue weighted by molar-refractivity contribution is 7.16. The van der Waals surface area contributed by atoms with Crippen LogP contribution in [0.25, 0.3) is 10.2 Å². The molecule has 3 aromatic rings. The fraction of sp³-hybridized carbons (Fsp3) is 0.400. The minimum atomic E-state index is -0.397. The minimum Gasteiger partial charge on any atom is -0.462 e. The van der Waals surface area contributed by atoms with Crippen LogP contribution in [0.4, 0.5) is 5.82 Å². The first-order chi connectivity index (χ1) is 14.0. The molecular formula is C20H23N5O3S. The molecule has 0 aromatic carbocycles. The van der Waals surface area contributed by atoms with Gasteiger partial charge in [0, 0.05) is 31.9 Å². The maximum Gasteiger partial charge on any atom is 0.340 e. The number of aryl methyl sites for hydroxylation is 1. The number of piperazine rings is 1. The zero-order chi connectivity index (χ0) is 20.5. The number of H-pyrrole nitrogens is 1. The SMILES string of the molecule is CCOC(=O)c1c(C)[nH]c(C(=O)N2CCN(c3ncnc4sccc34)CC2)c1C. The van der Waals surface area contributed by atoms with E-state index in [1.54, 1.807) is 38.4 Å². The van der Waals surface area contributed by atoms with E-state index in [-0.39, 0.29) is 5.91 Å². The van der Waals surface area contributed by atoms with Gasteiger partial charge >= 0.3 is 5.97 Å². The molecule has 4 heterocycles. The Morgan fingerprint density at radius 3 is 2.69 bits per heavy atom. The standard InChI is InChI=1S/C20H23N5O3S/c1-4-28-20(27)15-12(2)16(23-13(15)3)19(26)25-8-6-24(7-9-25)17-14-5-10-29-18(14)22-11-21-17/h5,10-11,23H,4,6-9H2,1-3H3. The van der Waals surface area contributed by atoms with Gasteiger partial charge in [0.1, 0.15) is 22.7 Å². The van der Waals surface area contributed by atoms with E-state index < -0.39 is 5.97 Å². The van der Waals surface area contributed by atoms with Crippen LogP contribution in [0.15, 0.2) is 17.8 Å². The largest absolute Gasteiger partial charge is 0.462 e. The lowest BCUT2D eigenvalue weighted by Gasteiger charge is -2.35. The van der Waals surface area contributed by atoms with Crippen LogP contribution in [-0.4, -0.2) is 64.5 Å². The topological polar surface area (TPSA) is 91.4 Å². The Kier molecular flexibility index (Phi) is 5.23. The highest BCUT2D eigenvalue weighted by Gasteiger charge is 2.28. The molecule has 1 aliphatic rings. The number of esters is 1. The summed E-state index contributed by atoms with van der Waals surface area (Å²) < 4.78 is 5.12. The summed E-state index contributed by atoms with van der Waals surface area (Å²) in [6, 6.07) is 2.04. The van der Waals surface area contributed by atoms with Gasteiger partial charge in [-0.2, -0.15) is 0 Å². The van der Waals surface area contributed by atoms with E-state index in [2.05, 4.69) is 19.9 Å². The summed E-state index contributed by atoms with van der Waals surface area (Å²) in [5.74, 6) is 0.426. The number of aromatic nitrogens is 3. The van der Waals surface area contributed by atoms with Crippen LogP contribution in [0.5, 0.6) is 0 Å². The molecule has 1 amide bonds. The quantitative estimate of drug-likeness (QED) is 0.662. The van der Waals surface area contributed by atoms with Crippen molar-refractivity contribution in [2.75, 3.05) is 37.7 Å². The summed E-state index contributed by atoms with van der Waals surface area (Å²) in [5, 5.41) is 3.06. The lowest BCUT2D eigenvalue weighted by molar-refractivity contribution is 0.0525. The second-order valence-corrected chi connectivity index (χ2v) is 7.86. The molecule has 1 N–H and O–H groups in total. The van der Waals surface area contributed by atoms with E-state index in [9.17, 15) is 9.59 Å². The third-order valence-electron chi connectivity index (χ3n) is 5.24. The van der Waals surface area contributed by atoms with E-state index in [0.29, 0.717) is 55.3 Å². The number of ether oxygens (including phenoxy) is 1. The van der Waals surface area contributed by atoms with Crippen LogP contribution in [0.3, 0.4) is 0 Å². The Bertz CT molecular complexity index is 1070. The summed E-state index contributed by atoms with van der Waals surface area (Å²) in [4.78, 5) is 42.1. The maximum atomic E-state index is 13.1. The van der Waals surface area contributed by atoms with Crippen molar-refractivity contribution in [1.29, 1.82) is 0 Å². The second-order valence-electron chi connectivity index (χ2n) is 6.96. The summed E-state index contributed by atoms with van der Waals surface area (Å²) in [7, 11) is 0. The molecule has 8 nitrogen and oxygen atoms in total. The van der Waals surface area contributed by atoms with Gasteiger partial charge in [-0.05, 0) is 37.8 Å². The number of nitrogens with zero attached hydrogens (tertiary/aromatic N) is 4. The van der Waals surface area contributed by atoms with Crippen molar-refractivity contribution >= 4 is 39.2 Å². The first-order valence-corrected chi connectivity index (χ1v) is 10.5. The number of hydrogen-bond acceptors (Lipinski definition) is 7. The van der Waals surface area contributed by atoms with Crippen molar-refractivity contribution in [3.63, 3.8) is 0 Å². The Labute approximate surface area is 172 Å². The molecule has 0 bridgehead atoms. The smallest absolute Gasteiger partial charge is 0.340 e. The van der Waals surface area contributed by atoms with Crippen LogP contribution >= 0.6 is 11.3 Å². The summed E-state index contributed by atoms with van der Waals surface area (Å²) in [5.41, 5.74) is 2.21. The first-order valence-electron chi connectivity index (χ1n) is 9.60. The van der Waals surface area contributed by atoms with Crippen LogP contribution in [0, 0.1) is 13.8 Å². The van der Waals surface area contributed by atoms with Crippen LogP contribution in [0.1, 0.15) is 39.0 Å². The number of carbonyl (C=O) groups is 2. The lowest BCUT2D eigenvalue weighted by Crippen LogP contribution is -2.49. The highest BCUT2D eigenvalue weighted by Crippen LogP contribution is 2.28. The molecule has 3 aromatic heterocycles. The number of amides is 1. The molecule has 0 radical (unpaired) electrons. The van der Waals surface area contributed by atoms with Crippen molar-refractivity contribution in [2.24, 2.45) is 0 Å². The van der Waals surface area contributed by atoms with Gasteiger partial charge in [-0.25, -0.2) is 14.8 Å². The van der Waals surface area contributed by atoms with Crippen molar-refractivity contribution in [1.82, 2.24) is 19.9 Å². The lowest BCUT2D eigenvalue weighted by atomic mass is 10.1. The van der Waals surface area contributed by atoms with E-state index in [4.69, 9.17) is 4.74 Å². The summed E-state index contributed by atoms with van der Waals surface area (Å²) in [6.07, 6.45) is 1.59. The average molecular weight is 414 g/mol. The number of fused-ring (bicyclic) bond motifs is 1. The van der Waals surface area contributed by atoms with Gasteiger partial charge in [0.15, 0.2) is 0 Å². The normalized spacial score (nSPS) is 14.4. The molecule has 0 unspecified atom stereocenters. The summed E-state index contributed by atoms with van der Waals surface area (Å²) >= 11 is 1.59. The number of nitrogens with one attached hydrogen (secondary N) is 1. The molecule has 1 saturated heterocycles. The molecule has 0 saturated carbocycles. The number of carbonyl (C=O) groups excluding carboxylic acids is 2. The molecule has 1 aliphatic heterocycles.